The van der Waals surface area contributed by atoms with E-state index in [1.807, 2.05) is 0 Å². The number of anilines is 1. The van der Waals surface area contributed by atoms with Gasteiger partial charge in [-0.1, -0.05) is 46.1 Å². The van der Waals surface area contributed by atoms with Crippen LogP contribution in [-0.4, -0.2) is 35.0 Å². The lowest BCUT2D eigenvalue weighted by molar-refractivity contribution is 0.198. The zero-order chi connectivity index (χ0) is 22.4. The second kappa shape index (κ2) is 8.18. The SMILES string of the molecule is CCS(=O)(=O)c1ccc(Cl)cc1N(C(=O)O)n1cnc2c(Cl)c(C)c(Br)cc2c1=O. The number of carbonyl (C=O) groups is 1. The van der Waals surface area contributed by atoms with Gasteiger partial charge >= 0.3 is 6.09 Å². The topological polar surface area (TPSA) is 110 Å². The van der Waals surface area contributed by atoms with Gasteiger partial charge in [0.05, 0.1) is 32.3 Å². The summed E-state index contributed by atoms with van der Waals surface area (Å²) in [5.74, 6) is -0.276. The van der Waals surface area contributed by atoms with Gasteiger partial charge in [0.2, 0.25) is 0 Å². The highest BCUT2D eigenvalue weighted by molar-refractivity contribution is 9.10. The van der Waals surface area contributed by atoms with Crippen LogP contribution in [-0.2, 0) is 9.84 Å². The molecule has 0 spiro atoms. The molecule has 0 bridgehead atoms. The first-order chi connectivity index (χ1) is 14.0. The third-order valence-corrected chi connectivity index (χ3v) is 7.71. The number of sulfone groups is 1. The molecule has 0 saturated heterocycles. The Bertz CT molecular complexity index is 1360. The fourth-order valence-corrected chi connectivity index (χ4v) is 4.82. The van der Waals surface area contributed by atoms with Gasteiger partial charge in [-0.15, -0.1) is 0 Å². The molecule has 0 aliphatic carbocycles. The molecular formula is C18H14BrCl2N3O5S. The van der Waals surface area contributed by atoms with Crippen LogP contribution in [0.2, 0.25) is 10.0 Å². The molecule has 0 unspecified atom stereocenters. The van der Waals surface area contributed by atoms with Gasteiger partial charge in [0.1, 0.15) is 6.33 Å². The third-order valence-electron chi connectivity index (χ3n) is 4.42. The molecule has 158 valence electrons. The molecule has 3 aromatic rings. The number of benzene rings is 2. The van der Waals surface area contributed by atoms with E-state index >= 15 is 0 Å². The lowest BCUT2D eigenvalue weighted by atomic mass is 10.2. The highest BCUT2D eigenvalue weighted by atomic mass is 79.9. The van der Waals surface area contributed by atoms with E-state index in [0.29, 0.717) is 19.7 Å². The predicted octanol–water partition coefficient (Wildman–Crippen LogP) is 4.52. The molecule has 12 heteroatoms. The number of fused-ring (bicyclic) bond motifs is 1. The van der Waals surface area contributed by atoms with Crippen molar-refractivity contribution in [3.8, 4) is 0 Å². The van der Waals surface area contributed by atoms with Crippen LogP contribution in [0, 0.1) is 6.92 Å². The van der Waals surface area contributed by atoms with E-state index in [4.69, 9.17) is 23.2 Å². The minimum absolute atomic E-state index is 0.0492. The largest absolute Gasteiger partial charge is 0.463 e. The monoisotopic (exact) mass is 533 g/mol. The van der Waals surface area contributed by atoms with Crippen molar-refractivity contribution in [1.82, 2.24) is 9.66 Å². The Hall–Kier alpha value is -2.14. The van der Waals surface area contributed by atoms with Crippen LogP contribution in [0.25, 0.3) is 10.9 Å². The summed E-state index contributed by atoms with van der Waals surface area (Å²) in [7, 11) is -3.83. The molecule has 0 aliphatic rings. The van der Waals surface area contributed by atoms with E-state index in [-0.39, 0.29) is 37.3 Å². The fraction of sp³-hybridized carbons (Fsp3) is 0.167. The Balaban J connectivity index is 2.39. The van der Waals surface area contributed by atoms with Crippen molar-refractivity contribution >= 4 is 71.7 Å². The molecule has 1 aromatic heterocycles. The van der Waals surface area contributed by atoms with E-state index in [9.17, 15) is 23.1 Å². The highest BCUT2D eigenvalue weighted by Crippen LogP contribution is 2.32. The summed E-state index contributed by atoms with van der Waals surface area (Å²) in [4.78, 5) is 29.1. The van der Waals surface area contributed by atoms with Crippen LogP contribution in [0.15, 0.2) is 44.8 Å². The number of amides is 1. The summed E-state index contributed by atoms with van der Waals surface area (Å²) in [5.41, 5.74) is -0.200. The van der Waals surface area contributed by atoms with Crippen molar-refractivity contribution in [3.63, 3.8) is 0 Å². The van der Waals surface area contributed by atoms with E-state index < -0.39 is 21.5 Å². The Kier molecular flexibility index (Phi) is 6.15. The first-order valence-electron chi connectivity index (χ1n) is 8.41. The summed E-state index contributed by atoms with van der Waals surface area (Å²) in [6, 6.07) is 5.16. The van der Waals surface area contributed by atoms with Gasteiger partial charge < -0.3 is 5.11 Å². The molecule has 0 atom stereocenters. The fourth-order valence-electron chi connectivity index (χ4n) is 2.81. The van der Waals surface area contributed by atoms with Crippen LogP contribution in [0.4, 0.5) is 10.5 Å². The number of hydrogen-bond acceptors (Lipinski definition) is 5. The van der Waals surface area contributed by atoms with Gasteiger partial charge in [0.25, 0.3) is 5.56 Å². The molecule has 1 heterocycles. The third kappa shape index (κ3) is 3.80. The maximum Gasteiger partial charge on any atom is 0.431 e. The molecule has 0 fully saturated rings. The number of carboxylic acid groups (broad SMARTS) is 1. The van der Waals surface area contributed by atoms with E-state index in [2.05, 4.69) is 20.9 Å². The Morgan fingerprint density at radius 3 is 2.57 bits per heavy atom. The van der Waals surface area contributed by atoms with Gasteiger partial charge in [0, 0.05) is 9.50 Å². The number of nitrogens with zero attached hydrogens (tertiary/aromatic N) is 3. The van der Waals surface area contributed by atoms with Crippen LogP contribution < -0.4 is 10.6 Å². The Morgan fingerprint density at radius 2 is 1.97 bits per heavy atom. The first kappa shape index (κ1) is 22.5. The van der Waals surface area contributed by atoms with Crippen molar-refractivity contribution in [1.29, 1.82) is 0 Å². The number of rotatable bonds is 4. The van der Waals surface area contributed by atoms with Crippen molar-refractivity contribution in [2.45, 2.75) is 18.7 Å². The summed E-state index contributed by atoms with van der Waals surface area (Å²) < 4.78 is 26.3. The average molecular weight is 535 g/mol. The summed E-state index contributed by atoms with van der Waals surface area (Å²) in [5, 5.41) is 10.7. The smallest absolute Gasteiger partial charge is 0.431 e. The van der Waals surface area contributed by atoms with Crippen molar-refractivity contribution in [2.24, 2.45) is 0 Å². The van der Waals surface area contributed by atoms with Gasteiger partial charge in [-0.2, -0.15) is 9.69 Å². The average Bonchev–Trinajstić information content (AvgIpc) is 2.68. The van der Waals surface area contributed by atoms with Gasteiger partial charge in [0.15, 0.2) is 9.84 Å². The summed E-state index contributed by atoms with van der Waals surface area (Å²) in [6.45, 7) is 3.15. The predicted molar refractivity (Wildman–Crippen MR) is 119 cm³/mol. The number of hydrogen-bond donors (Lipinski definition) is 1. The minimum atomic E-state index is -3.83. The first-order valence-corrected chi connectivity index (χ1v) is 11.6. The van der Waals surface area contributed by atoms with Crippen molar-refractivity contribution in [2.75, 3.05) is 10.8 Å². The van der Waals surface area contributed by atoms with E-state index in [1.165, 1.54) is 25.1 Å². The van der Waals surface area contributed by atoms with Crippen LogP contribution in [0.3, 0.4) is 0 Å². The summed E-state index contributed by atoms with van der Waals surface area (Å²) in [6.07, 6.45) is -0.633. The van der Waals surface area contributed by atoms with E-state index in [1.54, 1.807) is 6.92 Å². The van der Waals surface area contributed by atoms with Gasteiger partial charge in [-0.3, -0.25) is 4.79 Å². The van der Waals surface area contributed by atoms with Crippen molar-refractivity contribution in [3.05, 3.63) is 61.0 Å². The van der Waals surface area contributed by atoms with E-state index in [0.717, 1.165) is 12.4 Å². The second-order valence-corrected chi connectivity index (χ2v) is 10.1. The van der Waals surface area contributed by atoms with Gasteiger partial charge in [-0.05, 0) is 36.8 Å². The van der Waals surface area contributed by atoms with Crippen LogP contribution in [0.1, 0.15) is 12.5 Å². The second-order valence-electron chi connectivity index (χ2n) is 6.20. The quantitative estimate of drug-likeness (QED) is 0.527. The molecule has 1 N–H and O–H groups in total. The zero-order valence-electron chi connectivity index (χ0n) is 15.6. The molecule has 0 aliphatic heterocycles. The standard InChI is InChI=1S/C18H14BrCl2N3O5S/c1-3-30(28,29)14-5-4-10(20)6-13(14)24(18(26)27)23-8-22-16-11(17(23)25)7-12(19)9(2)15(16)21/h4-8H,3H2,1-2H3,(H,26,27). The maximum atomic E-state index is 13.1. The molecule has 1 amide bonds. The zero-order valence-corrected chi connectivity index (χ0v) is 19.5. The Labute approximate surface area is 189 Å². The Morgan fingerprint density at radius 1 is 1.30 bits per heavy atom. The molecule has 30 heavy (non-hydrogen) atoms. The highest BCUT2D eigenvalue weighted by Gasteiger charge is 2.28. The normalized spacial score (nSPS) is 11.6. The number of aromatic nitrogens is 2. The molecule has 0 radical (unpaired) electrons. The molecule has 2 aromatic carbocycles. The van der Waals surface area contributed by atoms with Gasteiger partial charge in [-0.25, -0.2) is 18.2 Å². The van der Waals surface area contributed by atoms with Crippen LogP contribution in [0.5, 0.6) is 0 Å². The molecule has 8 nitrogen and oxygen atoms in total. The number of halogens is 3. The minimum Gasteiger partial charge on any atom is -0.463 e. The lowest BCUT2D eigenvalue weighted by Gasteiger charge is -2.23. The summed E-state index contributed by atoms with van der Waals surface area (Å²) >= 11 is 15.6. The lowest BCUT2D eigenvalue weighted by Crippen LogP contribution is -2.43. The molecule has 3 rings (SSSR count). The van der Waals surface area contributed by atoms with Crippen LogP contribution >= 0.6 is 39.1 Å². The maximum absolute atomic E-state index is 13.1. The molecule has 0 saturated carbocycles. The molecular weight excluding hydrogens is 521 g/mol. The van der Waals surface area contributed by atoms with Crippen molar-refractivity contribution < 1.29 is 18.3 Å².